The van der Waals surface area contributed by atoms with E-state index in [9.17, 15) is 19.0 Å². The highest BCUT2D eigenvalue weighted by atomic mass is 31.2. The van der Waals surface area contributed by atoms with Crippen LogP contribution in [0.3, 0.4) is 0 Å². The van der Waals surface area contributed by atoms with Gasteiger partial charge in [-0.15, -0.1) is 0 Å². The van der Waals surface area contributed by atoms with Gasteiger partial charge in [0.25, 0.3) is 0 Å². The topological polar surface area (TPSA) is 108 Å². The molecule has 0 aliphatic rings. The summed E-state index contributed by atoms with van der Waals surface area (Å²) in [4.78, 5) is 35.2. The van der Waals surface area contributed by atoms with Crippen molar-refractivity contribution in [3.8, 4) is 0 Å². The molecular formula is C44H79NO8P+. The van der Waals surface area contributed by atoms with E-state index >= 15 is 0 Å². The number of unbranched alkanes of at least 4 members (excludes halogenated alkanes) is 18. The number of allylic oxidation sites excluding steroid dienone is 8. The van der Waals surface area contributed by atoms with E-state index in [-0.39, 0.29) is 19.4 Å². The molecule has 0 aromatic rings. The molecular weight excluding hydrogens is 701 g/mol. The second-order valence-corrected chi connectivity index (χ2v) is 16.5. The maximum Gasteiger partial charge on any atom is 0.527 e. The van der Waals surface area contributed by atoms with Crippen molar-refractivity contribution in [3.63, 3.8) is 0 Å². The Hall–Kier alpha value is -2.45. The summed E-state index contributed by atoms with van der Waals surface area (Å²) < 4.78 is 33.7. The molecule has 0 aromatic heterocycles. The summed E-state index contributed by atoms with van der Waals surface area (Å²) in [5, 5.41) is 0. The van der Waals surface area contributed by atoms with Gasteiger partial charge in [0.05, 0.1) is 21.1 Å². The summed E-state index contributed by atoms with van der Waals surface area (Å²) >= 11 is 0. The Morgan fingerprint density at radius 2 is 1.11 bits per heavy atom. The molecule has 0 aliphatic heterocycles. The van der Waals surface area contributed by atoms with Crippen LogP contribution >= 0.6 is 7.82 Å². The van der Waals surface area contributed by atoms with Gasteiger partial charge in [-0.25, -0.2) is 4.57 Å². The van der Waals surface area contributed by atoms with Gasteiger partial charge in [0, 0.05) is 12.8 Å². The molecule has 0 saturated carbocycles. The molecule has 9 nitrogen and oxygen atoms in total. The van der Waals surface area contributed by atoms with E-state index in [1.165, 1.54) is 89.9 Å². The molecule has 1 unspecified atom stereocenters. The number of phosphoric ester groups is 1. The van der Waals surface area contributed by atoms with E-state index in [0.29, 0.717) is 23.7 Å². The average molecular weight is 781 g/mol. The minimum Gasteiger partial charge on any atom is -0.462 e. The second-order valence-electron chi connectivity index (χ2n) is 15.1. The predicted octanol–water partition coefficient (Wildman–Crippen LogP) is 12.4. The first-order valence-corrected chi connectivity index (χ1v) is 22.6. The van der Waals surface area contributed by atoms with Crippen LogP contribution in [0.2, 0.25) is 0 Å². The van der Waals surface area contributed by atoms with Crippen molar-refractivity contribution in [2.45, 2.75) is 174 Å². The Kier molecular flexibility index (Phi) is 34.6. The molecule has 0 aliphatic carbocycles. The minimum atomic E-state index is -4.47. The van der Waals surface area contributed by atoms with E-state index < -0.39 is 32.5 Å². The number of carbonyl (C=O) groups is 2. The Balaban J connectivity index is 4.50. The van der Waals surface area contributed by atoms with Gasteiger partial charge in [0.1, 0.15) is 25.7 Å². The Labute approximate surface area is 330 Å². The van der Waals surface area contributed by atoms with E-state index in [1.54, 1.807) is 6.20 Å². The molecule has 1 N–H and O–H groups in total. The fourth-order valence-corrected chi connectivity index (χ4v) is 6.03. The third-order valence-corrected chi connectivity index (χ3v) is 9.45. The largest absolute Gasteiger partial charge is 0.527 e. The third-order valence-electron chi connectivity index (χ3n) is 8.59. The highest BCUT2D eigenvalue weighted by Gasteiger charge is 2.26. The molecule has 0 aromatic carbocycles. The number of hydrogen-bond acceptors (Lipinski definition) is 7. The second kappa shape index (κ2) is 36.2. The van der Waals surface area contributed by atoms with Crippen molar-refractivity contribution in [1.82, 2.24) is 0 Å². The number of quaternary nitrogens is 1. The summed E-state index contributed by atoms with van der Waals surface area (Å²) in [6, 6.07) is 0. The van der Waals surface area contributed by atoms with Crippen LogP contribution in [-0.2, 0) is 32.7 Å². The molecule has 0 radical (unpaired) electrons. The maximum absolute atomic E-state index is 12.7. The Morgan fingerprint density at radius 1 is 0.611 bits per heavy atom. The molecule has 0 heterocycles. The zero-order valence-corrected chi connectivity index (χ0v) is 35.8. The molecule has 0 amide bonds. The van der Waals surface area contributed by atoms with Gasteiger partial charge in [-0.05, 0) is 51.4 Å². The van der Waals surface area contributed by atoms with Crippen LogP contribution in [0.4, 0.5) is 0 Å². The smallest absolute Gasteiger partial charge is 0.462 e. The van der Waals surface area contributed by atoms with Crippen molar-refractivity contribution in [2.75, 3.05) is 34.4 Å². The Bertz CT molecular complexity index is 1110. The van der Waals surface area contributed by atoms with Crippen molar-refractivity contribution in [2.24, 2.45) is 0 Å². The molecule has 0 rings (SSSR count). The molecule has 54 heavy (non-hydrogen) atoms. The lowest BCUT2D eigenvalue weighted by molar-refractivity contribution is -0.817. The summed E-state index contributed by atoms with van der Waals surface area (Å²) in [5.41, 5.74) is 0. The number of nitrogens with zero attached hydrogens (tertiary/aromatic N) is 1. The molecule has 2 atom stereocenters. The third kappa shape index (κ3) is 39.2. The summed E-state index contributed by atoms with van der Waals surface area (Å²) in [6.45, 7) is 3.67. The van der Waals surface area contributed by atoms with Gasteiger partial charge < -0.3 is 18.5 Å². The van der Waals surface area contributed by atoms with Gasteiger partial charge in [-0.3, -0.25) is 19.0 Å². The summed E-state index contributed by atoms with van der Waals surface area (Å²) in [6.07, 6.45) is 44.2. The van der Waals surface area contributed by atoms with Crippen molar-refractivity contribution >= 4 is 19.8 Å². The molecule has 0 bridgehead atoms. The molecule has 312 valence electrons. The van der Waals surface area contributed by atoms with Crippen LogP contribution in [0, 0.1) is 0 Å². The fourth-order valence-electron chi connectivity index (χ4n) is 5.41. The fraction of sp³-hybridized carbons (Fsp3) is 0.727. The van der Waals surface area contributed by atoms with Crippen LogP contribution < -0.4 is 0 Å². The number of carbonyl (C=O) groups excluding carboxylic acids is 2. The molecule has 0 saturated heterocycles. The molecule has 10 heteroatoms. The first kappa shape index (κ1) is 51.5. The van der Waals surface area contributed by atoms with Crippen LogP contribution in [0.25, 0.3) is 0 Å². The predicted molar refractivity (Wildman–Crippen MR) is 224 cm³/mol. The number of rotatable bonds is 37. The van der Waals surface area contributed by atoms with Gasteiger partial charge >= 0.3 is 19.8 Å². The zero-order chi connectivity index (χ0) is 40.0. The minimum absolute atomic E-state index is 0.197. The van der Waals surface area contributed by atoms with E-state index in [0.717, 1.165) is 38.4 Å². The first-order chi connectivity index (χ1) is 26.0. The number of ether oxygens (including phenoxy) is 2. The zero-order valence-electron chi connectivity index (χ0n) is 34.9. The SMILES string of the molecule is CC/C=C/CCCCCCCCCCCCCC(=O)O[C@H](COC(=O)CCC/C=C/C=C/C=C\CCCCCCCC)COP(=O)(O)O/C=C\[N+](C)(C)C. The standard InChI is InChI=1S/C44H78NO8P/c1-6-8-10-12-14-16-18-20-22-24-26-28-30-32-34-36-43(46)50-40-42(41-52-54(48,49)51-39-38-45(3,4)5)53-44(47)37-35-33-31-29-27-25-23-21-19-17-15-13-11-9-7-2/h9,11,20,22,24,26,28,30,38-39,42H,6-8,10,12-19,21,23,25,27,29,31-37,40-41H2,1-5H3/p+1/b11-9+,22-20-,26-24+,30-28+,39-38-/t42-/m1/s1. The lowest BCUT2D eigenvalue weighted by Gasteiger charge is -2.20. The average Bonchev–Trinajstić information content (AvgIpc) is 3.12. The van der Waals surface area contributed by atoms with Crippen LogP contribution in [0.1, 0.15) is 168 Å². The van der Waals surface area contributed by atoms with Gasteiger partial charge in [0.2, 0.25) is 0 Å². The van der Waals surface area contributed by atoms with Gasteiger partial charge in [-0.2, -0.15) is 0 Å². The first-order valence-electron chi connectivity index (χ1n) is 21.1. The highest BCUT2D eigenvalue weighted by molar-refractivity contribution is 7.47. The number of phosphoric acid groups is 1. The van der Waals surface area contributed by atoms with Gasteiger partial charge in [-0.1, -0.05) is 152 Å². The van der Waals surface area contributed by atoms with Crippen molar-refractivity contribution in [3.05, 3.63) is 61.1 Å². The quantitative estimate of drug-likeness (QED) is 0.0126. The van der Waals surface area contributed by atoms with Crippen molar-refractivity contribution in [1.29, 1.82) is 0 Å². The van der Waals surface area contributed by atoms with E-state index in [2.05, 4.69) is 38.2 Å². The van der Waals surface area contributed by atoms with Crippen LogP contribution in [-0.4, -0.2) is 61.8 Å². The van der Waals surface area contributed by atoms with Crippen LogP contribution in [0.15, 0.2) is 61.1 Å². The highest BCUT2D eigenvalue weighted by Crippen LogP contribution is 2.43. The molecule has 0 spiro atoms. The van der Waals surface area contributed by atoms with Gasteiger partial charge in [0.15, 0.2) is 6.10 Å². The van der Waals surface area contributed by atoms with E-state index in [4.69, 9.17) is 18.5 Å². The monoisotopic (exact) mass is 781 g/mol. The van der Waals surface area contributed by atoms with E-state index in [1.807, 2.05) is 45.4 Å². The van der Waals surface area contributed by atoms with Crippen molar-refractivity contribution < 1.29 is 42.1 Å². The van der Waals surface area contributed by atoms with Crippen LogP contribution in [0.5, 0.6) is 0 Å². The number of esters is 2. The summed E-state index contributed by atoms with van der Waals surface area (Å²) in [7, 11) is 1.09. The normalized spacial score (nSPS) is 14.2. The number of hydrogen-bond donors (Lipinski definition) is 1. The molecule has 0 fully saturated rings. The lowest BCUT2D eigenvalue weighted by Crippen LogP contribution is -2.29. The Morgan fingerprint density at radius 3 is 1.67 bits per heavy atom. The summed E-state index contributed by atoms with van der Waals surface area (Å²) in [5.74, 6) is -0.898. The lowest BCUT2D eigenvalue weighted by atomic mass is 10.0. The maximum atomic E-state index is 12.7.